The molecule has 1 N–H and O–H groups in total. The molecular formula is C13H15BrClNO2. The number of hydrogen-bond acceptors (Lipinski definition) is 2. The van der Waals surface area contributed by atoms with Gasteiger partial charge in [-0.1, -0.05) is 11.6 Å². The Morgan fingerprint density at radius 2 is 2.28 bits per heavy atom. The molecule has 18 heavy (non-hydrogen) atoms. The van der Waals surface area contributed by atoms with Crippen molar-refractivity contribution < 1.29 is 9.90 Å². The van der Waals surface area contributed by atoms with Gasteiger partial charge in [0.15, 0.2) is 0 Å². The van der Waals surface area contributed by atoms with Gasteiger partial charge in [0.1, 0.15) is 0 Å². The summed E-state index contributed by atoms with van der Waals surface area (Å²) in [5.74, 6) is -0.0442. The van der Waals surface area contributed by atoms with E-state index in [9.17, 15) is 9.90 Å². The first kappa shape index (κ1) is 13.8. The fourth-order valence-corrected chi connectivity index (χ4v) is 3.13. The van der Waals surface area contributed by atoms with Gasteiger partial charge in [0.05, 0.1) is 18.2 Å². The average Bonchev–Trinajstić information content (AvgIpc) is 2.38. The van der Waals surface area contributed by atoms with E-state index in [1.54, 1.807) is 23.1 Å². The molecule has 5 heteroatoms. The second-order valence-corrected chi connectivity index (χ2v) is 5.75. The fraction of sp³-hybridized carbons (Fsp3) is 0.462. The van der Waals surface area contributed by atoms with Crippen LogP contribution in [0.15, 0.2) is 22.7 Å². The molecule has 0 aromatic heterocycles. The molecule has 1 fully saturated rings. The number of carbonyl (C=O) groups excluding carboxylic acids is 1. The van der Waals surface area contributed by atoms with Crippen molar-refractivity contribution in [3.8, 4) is 0 Å². The van der Waals surface area contributed by atoms with E-state index in [-0.39, 0.29) is 18.6 Å². The Morgan fingerprint density at radius 3 is 2.94 bits per heavy atom. The predicted molar refractivity (Wildman–Crippen MR) is 74.9 cm³/mol. The minimum absolute atomic E-state index is 0.0248. The summed E-state index contributed by atoms with van der Waals surface area (Å²) >= 11 is 9.23. The molecule has 0 saturated carbocycles. The van der Waals surface area contributed by atoms with Crippen molar-refractivity contribution in [3.63, 3.8) is 0 Å². The van der Waals surface area contributed by atoms with Gasteiger partial charge in [0.25, 0.3) is 5.91 Å². The Kier molecular flexibility index (Phi) is 4.65. The fourth-order valence-electron chi connectivity index (χ4n) is 2.28. The molecule has 1 aliphatic heterocycles. The highest BCUT2D eigenvalue weighted by atomic mass is 79.9. The maximum Gasteiger partial charge on any atom is 0.255 e. The van der Waals surface area contributed by atoms with E-state index in [1.807, 2.05) is 0 Å². The summed E-state index contributed by atoms with van der Waals surface area (Å²) in [5, 5.41) is 9.94. The van der Waals surface area contributed by atoms with Crippen LogP contribution in [0.3, 0.4) is 0 Å². The molecule has 1 amide bonds. The van der Waals surface area contributed by atoms with Crippen molar-refractivity contribution >= 4 is 33.4 Å². The van der Waals surface area contributed by atoms with Crippen LogP contribution < -0.4 is 0 Å². The maximum absolute atomic E-state index is 12.4. The lowest BCUT2D eigenvalue weighted by atomic mass is 10.0. The third-order valence-corrected chi connectivity index (χ3v) is 4.15. The average molecular weight is 333 g/mol. The van der Waals surface area contributed by atoms with E-state index < -0.39 is 0 Å². The lowest BCUT2D eigenvalue weighted by molar-refractivity contribution is 0.0502. The summed E-state index contributed by atoms with van der Waals surface area (Å²) in [4.78, 5) is 14.2. The minimum atomic E-state index is -0.0613. The van der Waals surface area contributed by atoms with Gasteiger partial charge in [-0.3, -0.25) is 4.79 Å². The third kappa shape index (κ3) is 2.87. The highest BCUT2D eigenvalue weighted by Gasteiger charge is 2.27. The molecule has 1 unspecified atom stereocenters. The van der Waals surface area contributed by atoms with Crippen LogP contribution in [0.5, 0.6) is 0 Å². The van der Waals surface area contributed by atoms with Gasteiger partial charge >= 0.3 is 0 Å². The van der Waals surface area contributed by atoms with Crippen molar-refractivity contribution in [2.75, 3.05) is 13.2 Å². The first-order chi connectivity index (χ1) is 8.63. The first-order valence-electron chi connectivity index (χ1n) is 6.00. The summed E-state index contributed by atoms with van der Waals surface area (Å²) in [6.07, 6.45) is 2.93. The van der Waals surface area contributed by atoms with E-state index >= 15 is 0 Å². The summed E-state index contributed by atoms with van der Waals surface area (Å²) < 4.78 is 0.697. The molecular weight excluding hydrogens is 318 g/mol. The van der Waals surface area contributed by atoms with Gasteiger partial charge in [0, 0.05) is 16.0 Å². The van der Waals surface area contributed by atoms with Gasteiger partial charge in [-0.05, 0) is 53.4 Å². The SMILES string of the molecule is O=C(c1ccc(Cl)cc1Br)N1CCCCC1CO. The Bertz CT molecular complexity index is 453. The normalized spacial score (nSPS) is 19.9. The molecule has 1 heterocycles. The molecule has 0 aliphatic carbocycles. The largest absolute Gasteiger partial charge is 0.394 e. The molecule has 0 bridgehead atoms. The lowest BCUT2D eigenvalue weighted by Crippen LogP contribution is -2.45. The predicted octanol–water partition coefficient (Wildman–Crippen LogP) is 3.09. The van der Waals surface area contributed by atoms with Crippen LogP contribution in [0, 0.1) is 0 Å². The monoisotopic (exact) mass is 331 g/mol. The highest BCUT2D eigenvalue weighted by molar-refractivity contribution is 9.10. The van der Waals surface area contributed by atoms with Crippen LogP contribution in [0.1, 0.15) is 29.6 Å². The Labute approximate surface area is 120 Å². The van der Waals surface area contributed by atoms with Crippen LogP contribution in [-0.4, -0.2) is 35.1 Å². The number of halogens is 2. The molecule has 98 valence electrons. The van der Waals surface area contributed by atoms with E-state index in [0.717, 1.165) is 19.3 Å². The lowest BCUT2D eigenvalue weighted by Gasteiger charge is -2.34. The molecule has 1 saturated heterocycles. The minimum Gasteiger partial charge on any atom is -0.394 e. The molecule has 0 radical (unpaired) electrons. The number of amides is 1. The molecule has 2 rings (SSSR count). The van der Waals surface area contributed by atoms with E-state index in [2.05, 4.69) is 15.9 Å². The topological polar surface area (TPSA) is 40.5 Å². The van der Waals surface area contributed by atoms with Crippen LogP contribution in [0.2, 0.25) is 5.02 Å². The smallest absolute Gasteiger partial charge is 0.255 e. The van der Waals surface area contributed by atoms with Crippen molar-refractivity contribution in [3.05, 3.63) is 33.3 Å². The summed E-state index contributed by atoms with van der Waals surface area (Å²) in [6.45, 7) is 0.732. The van der Waals surface area contributed by atoms with Gasteiger partial charge in [-0.2, -0.15) is 0 Å². The maximum atomic E-state index is 12.4. The van der Waals surface area contributed by atoms with Crippen molar-refractivity contribution in [2.45, 2.75) is 25.3 Å². The quantitative estimate of drug-likeness (QED) is 0.904. The highest BCUT2D eigenvalue weighted by Crippen LogP contribution is 2.25. The number of rotatable bonds is 2. The second kappa shape index (κ2) is 6.04. The van der Waals surface area contributed by atoms with Gasteiger partial charge in [0.2, 0.25) is 0 Å². The number of benzene rings is 1. The zero-order chi connectivity index (χ0) is 13.1. The molecule has 1 aliphatic rings. The van der Waals surface area contributed by atoms with E-state index in [0.29, 0.717) is 21.6 Å². The van der Waals surface area contributed by atoms with Crippen LogP contribution in [-0.2, 0) is 0 Å². The van der Waals surface area contributed by atoms with Crippen molar-refractivity contribution in [1.29, 1.82) is 0 Å². The number of hydrogen-bond donors (Lipinski definition) is 1. The number of aliphatic hydroxyl groups is 1. The number of aliphatic hydroxyl groups excluding tert-OH is 1. The molecule has 3 nitrogen and oxygen atoms in total. The zero-order valence-corrected chi connectivity index (χ0v) is 12.2. The standard InChI is InChI=1S/C13H15BrClNO2/c14-12-7-9(15)4-5-11(12)13(18)16-6-2-1-3-10(16)8-17/h4-5,7,10,17H,1-3,6,8H2. The number of likely N-dealkylation sites (tertiary alicyclic amines) is 1. The van der Waals surface area contributed by atoms with Crippen LogP contribution in [0.25, 0.3) is 0 Å². The summed E-state index contributed by atoms with van der Waals surface area (Å²) in [6, 6.07) is 5.08. The van der Waals surface area contributed by atoms with Crippen LogP contribution >= 0.6 is 27.5 Å². The van der Waals surface area contributed by atoms with Gasteiger partial charge in [-0.15, -0.1) is 0 Å². The first-order valence-corrected chi connectivity index (χ1v) is 7.17. The summed E-state index contributed by atoms with van der Waals surface area (Å²) in [5.41, 5.74) is 0.597. The van der Waals surface area contributed by atoms with Crippen LogP contribution in [0.4, 0.5) is 0 Å². The summed E-state index contributed by atoms with van der Waals surface area (Å²) in [7, 11) is 0. The Hall–Kier alpha value is -0.580. The van der Waals surface area contributed by atoms with E-state index in [4.69, 9.17) is 11.6 Å². The Balaban J connectivity index is 2.24. The zero-order valence-electron chi connectivity index (χ0n) is 9.90. The van der Waals surface area contributed by atoms with Crippen molar-refractivity contribution in [2.24, 2.45) is 0 Å². The molecule has 1 atom stereocenters. The Morgan fingerprint density at radius 1 is 1.50 bits per heavy atom. The molecule has 1 aromatic rings. The number of piperidine rings is 1. The van der Waals surface area contributed by atoms with Gasteiger partial charge in [-0.25, -0.2) is 0 Å². The second-order valence-electron chi connectivity index (χ2n) is 4.45. The molecule has 0 spiro atoms. The third-order valence-electron chi connectivity index (χ3n) is 3.26. The van der Waals surface area contributed by atoms with Crippen molar-refractivity contribution in [1.82, 2.24) is 4.90 Å². The number of carbonyl (C=O) groups is 1. The number of nitrogens with zero attached hydrogens (tertiary/aromatic N) is 1. The van der Waals surface area contributed by atoms with Gasteiger partial charge < -0.3 is 10.0 Å². The molecule has 1 aromatic carbocycles. The van der Waals surface area contributed by atoms with E-state index in [1.165, 1.54) is 0 Å².